The summed E-state index contributed by atoms with van der Waals surface area (Å²) >= 11 is 0. The van der Waals surface area contributed by atoms with Gasteiger partial charge in [-0.25, -0.2) is 19.3 Å². The van der Waals surface area contributed by atoms with E-state index in [0.29, 0.717) is 35.2 Å². The maximum atomic E-state index is 13.4. The standard InChI is InChI=1S/C24H18FN5O2/c1-31-21-10-17(15-4-6-18(25)7-5-15)9-20-22(21)29-23(16-3-2-8-26-11-16)30-24(20)28-13-19-12-27-14-32-19/h2-12,14H,13H2,1H3,(H,28,29,30). The van der Waals surface area contributed by atoms with E-state index in [1.807, 2.05) is 24.3 Å². The number of ether oxygens (including phenoxy) is 1. The van der Waals surface area contributed by atoms with E-state index in [4.69, 9.17) is 19.1 Å². The van der Waals surface area contributed by atoms with Gasteiger partial charge in [0.15, 0.2) is 12.2 Å². The summed E-state index contributed by atoms with van der Waals surface area (Å²) in [4.78, 5) is 17.6. The van der Waals surface area contributed by atoms with Crippen LogP contribution >= 0.6 is 0 Å². The molecule has 0 saturated carbocycles. The lowest BCUT2D eigenvalue weighted by Crippen LogP contribution is -2.05. The Kier molecular flexibility index (Phi) is 5.17. The van der Waals surface area contributed by atoms with Gasteiger partial charge in [0.25, 0.3) is 0 Å². The van der Waals surface area contributed by atoms with E-state index in [1.165, 1.54) is 18.5 Å². The average molecular weight is 427 g/mol. The fourth-order valence-corrected chi connectivity index (χ4v) is 3.42. The lowest BCUT2D eigenvalue weighted by Gasteiger charge is -2.14. The zero-order valence-corrected chi connectivity index (χ0v) is 17.1. The number of hydrogen-bond donors (Lipinski definition) is 1. The van der Waals surface area contributed by atoms with Crippen LogP contribution in [-0.4, -0.2) is 27.0 Å². The molecule has 3 aromatic heterocycles. The molecule has 0 aliphatic heterocycles. The van der Waals surface area contributed by atoms with Crippen molar-refractivity contribution < 1.29 is 13.5 Å². The zero-order chi connectivity index (χ0) is 21.9. The summed E-state index contributed by atoms with van der Waals surface area (Å²) in [5, 5.41) is 4.08. The highest BCUT2D eigenvalue weighted by Crippen LogP contribution is 2.36. The molecule has 3 heterocycles. The SMILES string of the molecule is COc1cc(-c2ccc(F)cc2)cc2c(NCc3cnco3)nc(-c3cccnc3)nc12. The molecule has 5 aromatic rings. The van der Waals surface area contributed by atoms with Gasteiger partial charge >= 0.3 is 0 Å². The van der Waals surface area contributed by atoms with Crippen LogP contribution in [0.2, 0.25) is 0 Å². The van der Waals surface area contributed by atoms with Gasteiger partial charge in [0.05, 0.1) is 19.9 Å². The molecule has 0 atom stereocenters. The molecule has 0 aliphatic carbocycles. The summed E-state index contributed by atoms with van der Waals surface area (Å²) < 4.78 is 24.4. The summed E-state index contributed by atoms with van der Waals surface area (Å²) in [5.41, 5.74) is 3.13. The van der Waals surface area contributed by atoms with Crippen molar-refractivity contribution in [1.29, 1.82) is 0 Å². The quantitative estimate of drug-likeness (QED) is 0.403. The van der Waals surface area contributed by atoms with Crippen molar-refractivity contribution in [2.24, 2.45) is 0 Å². The third kappa shape index (κ3) is 3.85. The van der Waals surface area contributed by atoms with Crippen LogP contribution in [0.15, 0.2) is 77.9 Å². The van der Waals surface area contributed by atoms with E-state index < -0.39 is 0 Å². The van der Waals surface area contributed by atoms with Crippen LogP contribution in [-0.2, 0) is 6.54 Å². The van der Waals surface area contributed by atoms with Crippen LogP contribution < -0.4 is 10.1 Å². The van der Waals surface area contributed by atoms with Gasteiger partial charge in [0.1, 0.15) is 28.7 Å². The molecule has 5 rings (SSSR count). The van der Waals surface area contributed by atoms with Crippen molar-refractivity contribution >= 4 is 16.7 Å². The Morgan fingerprint density at radius 3 is 2.56 bits per heavy atom. The third-order valence-corrected chi connectivity index (χ3v) is 5.00. The number of nitrogens with one attached hydrogen (secondary N) is 1. The Labute approximate surface area is 183 Å². The van der Waals surface area contributed by atoms with E-state index in [1.54, 1.807) is 37.8 Å². The molecule has 0 amide bonds. The van der Waals surface area contributed by atoms with Crippen LogP contribution in [0.4, 0.5) is 10.2 Å². The molecular formula is C24H18FN5O2. The number of anilines is 1. The van der Waals surface area contributed by atoms with Crippen molar-refractivity contribution in [1.82, 2.24) is 19.9 Å². The largest absolute Gasteiger partial charge is 0.494 e. The van der Waals surface area contributed by atoms with Gasteiger partial charge in [-0.3, -0.25) is 4.98 Å². The van der Waals surface area contributed by atoms with E-state index in [9.17, 15) is 4.39 Å². The maximum absolute atomic E-state index is 13.4. The van der Waals surface area contributed by atoms with E-state index >= 15 is 0 Å². The molecular weight excluding hydrogens is 409 g/mol. The van der Waals surface area contributed by atoms with Gasteiger partial charge in [-0.15, -0.1) is 0 Å². The second-order valence-electron chi connectivity index (χ2n) is 7.04. The number of aromatic nitrogens is 4. The Morgan fingerprint density at radius 2 is 1.84 bits per heavy atom. The molecule has 2 aromatic carbocycles. The molecule has 0 unspecified atom stereocenters. The van der Waals surface area contributed by atoms with Crippen LogP contribution in [0.25, 0.3) is 33.4 Å². The maximum Gasteiger partial charge on any atom is 0.180 e. The first kappa shape index (κ1) is 19.6. The second kappa shape index (κ2) is 8.43. The van der Waals surface area contributed by atoms with Gasteiger partial charge < -0.3 is 14.5 Å². The first-order chi connectivity index (χ1) is 15.7. The first-order valence-electron chi connectivity index (χ1n) is 9.88. The monoisotopic (exact) mass is 427 g/mol. The van der Waals surface area contributed by atoms with Crippen molar-refractivity contribution in [2.45, 2.75) is 6.54 Å². The minimum Gasteiger partial charge on any atom is -0.494 e. The Morgan fingerprint density at radius 1 is 0.969 bits per heavy atom. The van der Waals surface area contributed by atoms with E-state index in [-0.39, 0.29) is 5.82 Å². The minimum absolute atomic E-state index is 0.291. The van der Waals surface area contributed by atoms with Crippen molar-refractivity contribution in [3.8, 4) is 28.3 Å². The highest BCUT2D eigenvalue weighted by Gasteiger charge is 2.16. The number of nitrogens with zero attached hydrogens (tertiary/aromatic N) is 4. The molecule has 1 N–H and O–H groups in total. The average Bonchev–Trinajstić information content (AvgIpc) is 3.36. The number of benzene rings is 2. The molecule has 0 fully saturated rings. The molecule has 8 heteroatoms. The third-order valence-electron chi connectivity index (χ3n) is 5.00. The van der Waals surface area contributed by atoms with Crippen molar-refractivity contribution in [2.75, 3.05) is 12.4 Å². The molecule has 158 valence electrons. The molecule has 0 bridgehead atoms. The Hall–Kier alpha value is -4.33. The summed E-state index contributed by atoms with van der Waals surface area (Å²) in [6.45, 7) is 0.391. The number of oxazole rings is 1. The summed E-state index contributed by atoms with van der Waals surface area (Å²) in [5.74, 6) is 2.07. The van der Waals surface area contributed by atoms with Crippen LogP contribution in [0, 0.1) is 5.82 Å². The fraction of sp³-hybridized carbons (Fsp3) is 0.0833. The Bertz CT molecular complexity index is 1360. The molecule has 0 radical (unpaired) electrons. The lowest BCUT2D eigenvalue weighted by molar-refractivity contribution is 0.419. The van der Waals surface area contributed by atoms with Crippen LogP contribution in [0.3, 0.4) is 0 Å². The number of rotatable bonds is 6. The molecule has 0 saturated heterocycles. The van der Waals surface area contributed by atoms with E-state index in [0.717, 1.165) is 22.1 Å². The van der Waals surface area contributed by atoms with Gasteiger partial charge in [-0.1, -0.05) is 12.1 Å². The van der Waals surface area contributed by atoms with Crippen LogP contribution in [0.1, 0.15) is 5.76 Å². The van der Waals surface area contributed by atoms with Gasteiger partial charge in [0.2, 0.25) is 0 Å². The van der Waals surface area contributed by atoms with Gasteiger partial charge in [0, 0.05) is 23.3 Å². The number of fused-ring (bicyclic) bond motifs is 1. The highest BCUT2D eigenvalue weighted by atomic mass is 19.1. The molecule has 7 nitrogen and oxygen atoms in total. The predicted octanol–water partition coefficient (Wildman–Crippen LogP) is 5.11. The zero-order valence-electron chi connectivity index (χ0n) is 17.1. The van der Waals surface area contributed by atoms with Gasteiger partial charge in [-0.2, -0.15) is 0 Å². The molecule has 0 aliphatic rings. The van der Waals surface area contributed by atoms with E-state index in [2.05, 4.69) is 15.3 Å². The summed E-state index contributed by atoms with van der Waals surface area (Å²) in [6, 6.07) is 13.9. The van der Waals surface area contributed by atoms with Crippen molar-refractivity contribution in [3.05, 3.63) is 85.1 Å². The summed E-state index contributed by atoms with van der Waals surface area (Å²) in [6.07, 6.45) is 6.43. The number of hydrogen-bond acceptors (Lipinski definition) is 7. The Balaban J connectivity index is 1.69. The minimum atomic E-state index is -0.291. The second-order valence-corrected chi connectivity index (χ2v) is 7.04. The van der Waals surface area contributed by atoms with Crippen molar-refractivity contribution in [3.63, 3.8) is 0 Å². The predicted molar refractivity (Wildman–Crippen MR) is 119 cm³/mol. The number of methoxy groups -OCH3 is 1. The topological polar surface area (TPSA) is 86.0 Å². The highest BCUT2D eigenvalue weighted by molar-refractivity contribution is 5.97. The summed E-state index contributed by atoms with van der Waals surface area (Å²) in [7, 11) is 1.59. The lowest BCUT2D eigenvalue weighted by atomic mass is 10.0. The normalized spacial score (nSPS) is 10.9. The van der Waals surface area contributed by atoms with Crippen LogP contribution in [0.5, 0.6) is 5.75 Å². The van der Waals surface area contributed by atoms with Gasteiger partial charge in [-0.05, 0) is 47.5 Å². The number of halogens is 1. The smallest absolute Gasteiger partial charge is 0.180 e. The number of pyridine rings is 1. The molecule has 32 heavy (non-hydrogen) atoms. The first-order valence-corrected chi connectivity index (χ1v) is 9.88. The molecule has 0 spiro atoms. The fourth-order valence-electron chi connectivity index (χ4n) is 3.42.